The summed E-state index contributed by atoms with van der Waals surface area (Å²) < 4.78 is 1.96. The summed E-state index contributed by atoms with van der Waals surface area (Å²) in [4.78, 5) is 17.0. The van der Waals surface area contributed by atoms with E-state index in [2.05, 4.69) is 41.5 Å². The summed E-state index contributed by atoms with van der Waals surface area (Å²) in [5.41, 5.74) is 4.33. The smallest absolute Gasteiger partial charge is 0.240 e. The van der Waals surface area contributed by atoms with E-state index in [1.54, 1.807) is 0 Å². The lowest BCUT2D eigenvalue weighted by atomic mass is 10.1. The fourth-order valence-corrected chi connectivity index (χ4v) is 2.95. The first-order chi connectivity index (χ1) is 11.6. The van der Waals surface area contributed by atoms with Crippen LogP contribution in [0.5, 0.6) is 0 Å². The van der Waals surface area contributed by atoms with Gasteiger partial charge in [-0.3, -0.25) is 4.79 Å². The molecule has 1 unspecified atom stereocenters. The highest BCUT2D eigenvalue weighted by Crippen LogP contribution is 2.16. The molecule has 0 saturated heterocycles. The zero-order valence-electron chi connectivity index (χ0n) is 14.4. The van der Waals surface area contributed by atoms with Gasteiger partial charge in [0.15, 0.2) is 0 Å². The monoisotopic (exact) mass is 321 g/mol. The minimum Gasteiger partial charge on any atom is -0.348 e. The van der Waals surface area contributed by atoms with Gasteiger partial charge in [-0.15, -0.1) is 0 Å². The minimum absolute atomic E-state index is 0.00618. The van der Waals surface area contributed by atoms with Gasteiger partial charge in [-0.25, -0.2) is 4.98 Å². The maximum Gasteiger partial charge on any atom is 0.240 e. The lowest BCUT2D eigenvalue weighted by Gasteiger charge is -2.16. The lowest BCUT2D eigenvalue weighted by molar-refractivity contribution is -0.122. The number of nitrogens with zero attached hydrogens (tertiary/aromatic N) is 2. The van der Waals surface area contributed by atoms with Crippen molar-refractivity contribution in [1.29, 1.82) is 0 Å². The van der Waals surface area contributed by atoms with Crippen molar-refractivity contribution in [2.75, 3.05) is 0 Å². The van der Waals surface area contributed by atoms with Crippen molar-refractivity contribution in [1.82, 2.24) is 14.9 Å². The maximum atomic E-state index is 12.5. The number of rotatable bonds is 5. The second kappa shape index (κ2) is 6.87. The molecule has 1 aromatic heterocycles. The third-order valence-corrected chi connectivity index (χ3v) is 4.41. The van der Waals surface area contributed by atoms with E-state index in [1.807, 2.05) is 42.7 Å². The van der Waals surface area contributed by atoms with E-state index in [9.17, 15) is 4.79 Å². The van der Waals surface area contributed by atoms with Gasteiger partial charge in [0, 0.05) is 0 Å². The van der Waals surface area contributed by atoms with E-state index in [-0.39, 0.29) is 18.5 Å². The van der Waals surface area contributed by atoms with Crippen LogP contribution in [0, 0.1) is 6.92 Å². The summed E-state index contributed by atoms with van der Waals surface area (Å²) in [7, 11) is 0. The number of para-hydroxylation sites is 2. The molecule has 1 N–H and O–H groups in total. The summed E-state index contributed by atoms with van der Waals surface area (Å²) in [6.45, 7) is 6.36. The van der Waals surface area contributed by atoms with Crippen LogP contribution in [0.2, 0.25) is 0 Å². The van der Waals surface area contributed by atoms with Gasteiger partial charge in [0.25, 0.3) is 0 Å². The Morgan fingerprint density at radius 3 is 2.58 bits per heavy atom. The predicted molar refractivity (Wildman–Crippen MR) is 96.8 cm³/mol. The summed E-state index contributed by atoms with van der Waals surface area (Å²) >= 11 is 0. The second-order valence-corrected chi connectivity index (χ2v) is 6.12. The molecule has 0 radical (unpaired) electrons. The molecule has 0 aliphatic heterocycles. The number of nitrogens with one attached hydrogen (secondary N) is 1. The highest BCUT2D eigenvalue weighted by molar-refractivity contribution is 5.81. The van der Waals surface area contributed by atoms with E-state index in [0.29, 0.717) is 0 Å². The molecule has 0 aliphatic rings. The van der Waals surface area contributed by atoms with Crippen LogP contribution in [0.25, 0.3) is 11.0 Å². The number of amides is 1. The van der Waals surface area contributed by atoms with Crippen molar-refractivity contribution >= 4 is 16.9 Å². The number of fused-ring (bicyclic) bond motifs is 1. The van der Waals surface area contributed by atoms with Gasteiger partial charge in [-0.05, 0) is 43.5 Å². The number of hydrogen-bond donors (Lipinski definition) is 1. The summed E-state index contributed by atoms with van der Waals surface area (Å²) in [6, 6.07) is 16.3. The fourth-order valence-electron chi connectivity index (χ4n) is 2.95. The Kier molecular flexibility index (Phi) is 4.65. The SMILES string of the molecule is CCc1ccc(C(C)NC(=O)Cn2c(C)nc3ccccc32)cc1. The van der Waals surface area contributed by atoms with Crippen molar-refractivity contribution in [3.05, 3.63) is 65.5 Å². The van der Waals surface area contributed by atoms with Gasteiger partial charge >= 0.3 is 0 Å². The second-order valence-electron chi connectivity index (χ2n) is 6.12. The highest BCUT2D eigenvalue weighted by Gasteiger charge is 2.13. The van der Waals surface area contributed by atoms with Gasteiger partial charge in [-0.1, -0.05) is 43.3 Å². The molecule has 1 amide bonds. The number of carbonyl (C=O) groups excluding carboxylic acids is 1. The number of imidazole rings is 1. The van der Waals surface area contributed by atoms with Gasteiger partial charge in [0.05, 0.1) is 17.1 Å². The quantitative estimate of drug-likeness (QED) is 0.777. The minimum atomic E-state index is -0.0153. The van der Waals surface area contributed by atoms with Crippen LogP contribution in [0.1, 0.15) is 36.8 Å². The molecule has 0 spiro atoms. The topological polar surface area (TPSA) is 46.9 Å². The molecule has 3 aromatic rings. The Hall–Kier alpha value is -2.62. The summed E-state index contributed by atoms with van der Waals surface area (Å²) in [5, 5.41) is 3.08. The molecule has 24 heavy (non-hydrogen) atoms. The molecular formula is C20H23N3O. The molecule has 0 fully saturated rings. The molecule has 1 heterocycles. The Labute approximate surface area is 142 Å². The largest absolute Gasteiger partial charge is 0.348 e. The molecule has 3 rings (SSSR count). The molecule has 4 heteroatoms. The normalized spacial score (nSPS) is 12.3. The van der Waals surface area contributed by atoms with E-state index < -0.39 is 0 Å². The van der Waals surface area contributed by atoms with Crippen LogP contribution in [0.3, 0.4) is 0 Å². The molecule has 0 aliphatic carbocycles. The predicted octanol–water partition coefficient (Wildman–Crippen LogP) is 3.78. The highest BCUT2D eigenvalue weighted by atomic mass is 16.2. The summed E-state index contributed by atoms with van der Waals surface area (Å²) in [6.07, 6.45) is 1.02. The van der Waals surface area contributed by atoms with E-state index in [1.165, 1.54) is 5.56 Å². The number of aromatic nitrogens is 2. The number of carbonyl (C=O) groups is 1. The molecule has 124 valence electrons. The average molecular weight is 321 g/mol. The van der Waals surface area contributed by atoms with Gasteiger partial charge in [-0.2, -0.15) is 0 Å². The van der Waals surface area contributed by atoms with Crippen LogP contribution in [0.4, 0.5) is 0 Å². The van der Waals surface area contributed by atoms with Crippen molar-refractivity contribution in [3.63, 3.8) is 0 Å². The molecular weight excluding hydrogens is 298 g/mol. The number of benzene rings is 2. The first-order valence-electron chi connectivity index (χ1n) is 8.38. The van der Waals surface area contributed by atoms with Gasteiger partial charge in [0.2, 0.25) is 5.91 Å². The van der Waals surface area contributed by atoms with E-state index in [0.717, 1.165) is 28.8 Å². The van der Waals surface area contributed by atoms with E-state index in [4.69, 9.17) is 0 Å². The van der Waals surface area contributed by atoms with Crippen LogP contribution in [-0.4, -0.2) is 15.5 Å². The van der Waals surface area contributed by atoms with Crippen molar-refractivity contribution in [2.24, 2.45) is 0 Å². The summed E-state index contributed by atoms with van der Waals surface area (Å²) in [5.74, 6) is 0.847. The van der Waals surface area contributed by atoms with Crippen LogP contribution in [0.15, 0.2) is 48.5 Å². The van der Waals surface area contributed by atoms with Crippen LogP contribution >= 0.6 is 0 Å². The lowest BCUT2D eigenvalue weighted by Crippen LogP contribution is -2.30. The standard InChI is InChI=1S/C20H23N3O/c1-4-16-9-11-17(12-10-16)14(2)21-20(24)13-23-15(3)22-18-7-5-6-8-19(18)23/h5-12,14H,4,13H2,1-3H3,(H,21,24). The Morgan fingerprint density at radius 2 is 1.88 bits per heavy atom. The number of hydrogen-bond acceptors (Lipinski definition) is 2. The van der Waals surface area contributed by atoms with Crippen LogP contribution in [-0.2, 0) is 17.8 Å². The Morgan fingerprint density at radius 1 is 1.17 bits per heavy atom. The third kappa shape index (κ3) is 3.32. The third-order valence-electron chi connectivity index (χ3n) is 4.41. The zero-order chi connectivity index (χ0) is 17.1. The Balaban J connectivity index is 1.71. The first-order valence-corrected chi connectivity index (χ1v) is 8.38. The van der Waals surface area contributed by atoms with Crippen molar-refractivity contribution in [3.8, 4) is 0 Å². The van der Waals surface area contributed by atoms with Crippen molar-refractivity contribution in [2.45, 2.75) is 39.8 Å². The molecule has 2 aromatic carbocycles. The van der Waals surface area contributed by atoms with Gasteiger partial charge < -0.3 is 9.88 Å². The van der Waals surface area contributed by atoms with Gasteiger partial charge in [0.1, 0.15) is 12.4 Å². The van der Waals surface area contributed by atoms with Crippen LogP contribution < -0.4 is 5.32 Å². The van der Waals surface area contributed by atoms with E-state index >= 15 is 0 Å². The molecule has 1 atom stereocenters. The Bertz CT molecular complexity index is 849. The maximum absolute atomic E-state index is 12.5. The number of aryl methyl sites for hydroxylation is 2. The molecule has 4 nitrogen and oxygen atoms in total. The first kappa shape index (κ1) is 16.2. The molecule has 0 bridgehead atoms. The molecule has 0 saturated carbocycles. The van der Waals surface area contributed by atoms with Crippen molar-refractivity contribution < 1.29 is 4.79 Å². The average Bonchev–Trinajstić information content (AvgIpc) is 2.90. The fraction of sp³-hybridized carbons (Fsp3) is 0.300. The zero-order valence-corrected chi connectivity index (χ0v) is 14.4.